The maximum atomic E-state index is 13.1. The minimum absolute atomic E-state index is 0.0678. The number of benzene rings is 1. The molecule has 0 bridgehead atoms. The van der Waals surface area contributed by atoms with Gasteiger partial charge in [0.15, 0.2) is 8.32 Å². The van der Waals surface area contributed by atoms with Gasteiger partial charge in [0, 0.05) is 0 Å². The molecule has 37 heavy (non-hydrogen) atoms. The highest BCUT2D eigenvalue weighted by molar-refractivity contribution is 6.74. The Morgan fingerprint density at radius 1 is 0.811 bits per heavy atom. The Bertz CT molecular complexity index is 836. The van der Waals surface area contributed by atoms with Crippen LogP contribution in [0.25, 0.3) is 0 Å². The molecular formula is C32H53NO3Si. The van der Waals surface area contributed by atoms with Crippen LogP contribution in [0.15, 0.2) is 36.4 Å². The van der Waals surface area contributed by atoms with Gasteiger partial charge in [0.1, 0.15) is 0 Å². The lowest BCUT2D eigenvalue weighted by atomic mass is 10.0. The topological polar surface area (TPSA) is 46.6 Å². The molecule has 0 aliphatic carbocycles. The van der Waals surface area contributed by atoms with Gasteiger partial charge in [0.2, 0.25) is 0 Å². The van der Waals surface area contributed by atoms with Crippen molar-refractivity contribution in [2.24, 2.45) is 0 Å². The van der Waals surface area contributed by atoms with Crippen LogP contribution >= 0.6 is 0 Å². The van der Waals surface area contributed by atoms with E-state index in [0.717, 1.165) is 12.8 Å². The highest BCUT2D eigenvalue weighted by Crippen LogP contribution is 2.37. The van der Waals surface area contributed by atoms with Crippen molar-refractivity contribution >= 4 is 20.1 Å². The van der Waals surface area contributed by atoms with Gasteiger partial charge < -0.3 is 4.43 Å². The summed E-state index contributed by atoms with van der Waals surface area (Å²) in [6, 6.07) is 6.75. The van der Waals surface area contributed by atoms with Crippen molar-refractivity contribution in [3.05, 3.63) is 47.5 Å². The van der Waals surface area contributed by atoms with Crippen LogP contribution in [0.4, 0.5) is 0 Å². The number of carbonyl (C=O) groups excluding carboxylic acids is 2. The van der Waals surface area contributed by atoms with Crippen molar-refractivity contribution in [1.29, 1.82) is 0 Å². The van der Waals surface area contributed by atoms with E-state index < -0.39 is 8.32 Å². The van der Waals surface area contributed by atoms with E-state index in [-0.39, 0.29) is 22.9 Å². The second-order valence-corrected chi connectivity index (χ2v) is 17.1. The molecule has 1 aliphatic rings. The number of fused-ring (bicyclic) bond motifs is 1. The number of hydrogen-bond donors (Lipinski definition) is 0. The first-order chi connectivity index (χ1) is 17.6. The Morgan fingerprint density at radius 3 is 1.73 bits per heavy atom. The zero-order valence-electron chi connectivity index (χ0n) is 24.6. The molecule has 1 aliphatic heterocycles. The van der Waals surface area contributed by atoms with E-state index in [2.05, 4.69) is 46.9 Å². The van der Waals surface area contributed by atoms with Crippen LogP contribution in [0.5, 0.6) is 0 Å². The summed E-state index contributed by atoms with van der Waals surface area (Å²) in [4.78, 5) is 27.7. The van der Waals surface area contributed by atoms with Gasteiger partial charge in [-0.15, -0.1) is 0 Å². The summed E-state index contributed by atoms with van der Waals surface area (Å²) in [6.07, 6.45) is 21.2. The van der Waals surface area contributed by atoms with Gasteiger partial charge in [-0.3, -0.25) is 14.5 Å². The summed E-state index contributed by atoms with van der Waals surface area (Å²) in [5.41, 5.74) is 0.998. The first-order valence-corrected chi connectivity index (χ1v) is 17.8. The summed E-state index contributed by atoms with van der Waals surface area (Å²) < 4.78 is 6.48. The van der Waals surface area contributed by atoms with Gasteiger partial charge in [0.25, 0.3) is 11.8 Å². The number of imide groups is 1. The highest BCUT2D eigenvalue weighted by atomic mass is 28.4. The number of amides is 2. The number of unbranched alkanes of at least 4 members (excludes halogenated alkanes) is 12. The monoisotopic (exact) mass is 527 g/mol. The molecule has 0 fully saturated rings. The molecule has 0 spiro atoms. The maximum absolute atomic E-state index is 13.1. The second-order valence-electron chi connectivity index (χ2n) is 12.3. The molecule has 0 saturated carbocycles. The van der Waals surface area contributed by atoms with E-state index in [1.807, 2.05) is 18.2 Å². The van der Waals surface area contributed by atoms with E-state index in [1.54, 1.807) is 12.1 Å². The zero-order valence-corrected chi connectivity index (χ0v) is 25.6. The number of carbonyl (C=O) groups is 2. The second kappa shape index (κ2) is 15.6. The van der Waals surface area contributed by atoms with Crippen molar-refractivity contribution in [3.63, 3.8) is 0 Å². The van der Waals surface area contributed by atoms with Gasteiger partial charge in [-0.05, 0) is 43.1 Å². The van der Waals surface area contributed by atoms with Gasteiger partial charge in [-0.2, -0.15) is 0 Å². The van der Waals surface area contributed by atoms with Crippen LogP contribution in [-0.2, 0) is 4.43 Å². The summed E-state index contributed by atoms with van der Waals surface area (Å²) >= 11 is 0. The lowest BCUT2D eigenvalue weighted by molar-refractivity contribution is 0.0569. The molecule has 1 unspecified atom stereocenters. The van der Waals surface area contributed by atoms with Crippen LogP contribution in [0, 0.1) is 0 Å². The average molecular weight is 528 g/mol. The molecule has 4 nitrogen and oxygen atoms in total. The third-order valence-corrected chi connectivity index (χ3v) is 12.7. The van der Waals surface area contributed by atoms with Crippen molar-refractivity contribution in [2.75, 3.05) is 6.61 Å². The summed E-state index contributed by atoms with van der Waals surface area (Å²) in [7, 11) is -2.01. The van der Waals surface area contributed by atoms with Crippen LogP contribution in [0.1, 0.15) is 132 Å². The van der Waals surface area contributed by atoms with E-state index in [1.165, 1.54) is 75.5 Å². The third kappa shape index (κ3) is 9.83. The molecule has 0 saturated heterocycles. The largest absolute Gasteiger partial charge is 0.414 e. The maximum Gasteiger partial charge on any atom is 0.262 e. The Morgan fingerprint density at radius 2 is 1.27 bits per heavy atom. The van der Waals surface area contributed by atoms with Crippen LogP contribution in [0.3, 0.4) is 0 Å². The SMILES string of the molecule is CCCCCCCCCCCCCCC=CC(CO[Si](C)(C)C(C)(C)C)N1C(=O)c2ccccc2C1=O. The van der Waals surface area contributed by atoms with Gasteiger partial charge >= 0.3 is 0 Å². The Kier molecular flexibility index (Phi) is 13.3. The van der Waals surface area contributed by atoms with Crippen molar-refractivity contribution < 1.29 is 14.0 Å². The Balaban J connectivity index is 1.82. The molecule has 1 atom stereocenters. The lowest BCUT2D eigenvalue weighted by Crippen LogP contribution is -2.47. The number of hydrogen-bond acceptors (Lipinski definition) is 3. The quantitative estimate of drug-likeness (QED) is 0.0827. The number of rotatable bonds is 18. The van der Waals surface area contributed by atoms with Crippen molar-refractivity contribution in [3.8, 4) is 0 Å². The molecule has 0 radical (unpaired) electrons. The molecule has 1 aromatic carbocycles. The lowest BCUT2D eigenvalue weighted by Gasteiger charge is -2.38. The Labute approximate surface area is 228 Å². The number of allylic oxidation sites excluding steroid dienone is 1. The molecule has 0 N–H and O–H groups in total. The average Bonchev–Trinajstić information content (AvgIpc) is 3.10. The summed E-state index contributed by atoms with van der Waals surface area (Å²) in [5.74, 6) is -0.418. The predicted octanol–water partition coefficient (Wildman–Crippen LogP) is 9.32. The smallest absolute Gasteiger partial charge is 0.262 e. The third-order valence-electron chi connectivity index (χ3n) is 8.16. The summed E-state index contributed by atoms with van der Waals surface area (Å²) in [6.45, 7) is 13.7. The van der Waals surface area contributed by atoms with Crippen LogP contribution in [-0.4, -0.2) is 37.7 Å². The highest BCUT2D eigenvalue weighted by Gasteiger charge is 2.42. The van der Waals surface area contributed by atoms with E-state index in [0.29, 0.717) is 17.7 Å². The standard InChI is InChI=1S/C32H53NO3Si/c1-7-8-9-10-11-12-13-14-15-16-17-18-19-20-23-27(26-36-37(5,6)32(2,3)4)33-30(34)28-24-21-22-25-29(28)31(33)35/h20-25,27H,7-19,26H2,1-6H3. The van der Waals surface area contributed by atoms with Crippen LogP contribution < -0.4 is 0 Å². The fraction of sp³-hybridized carbons (Fsp3) is 0.688. The van der Waals surface area contributed by atoms with Crippen LogP contribution in [0.2, 0.25) is 18.1 Å². The van der Waals surface area contributed by atoms with Crippen molar-refractivity contribution in [1.82, 2.24) is 4.90 Å². The van der Waals surface area contributed by atoms with E-state index >= 15 is 0 Å². The minimum Gasteiger partial charge on any atom is -0.414 e. The zero-order chi connectivity index (χ0) is 27.3. The molecule has 5 heteroatoms. The molecule has 2 amide bonds. The molecule has 1 heterocycles. The molecule has 0 aromatic heterocycles. The fourth-order valence-corrected chi connectivity index (χ4v) is 5.61. The molecule has 1 aromatic rings. The number of nitrogens with zero attached hydrogens (tertiary/aromatic N) is 1. The van der Waals surface area contributed by atoms with E-state index in [9.17, 15) is 9.59 Å². The van der Waals surface area contributed by atoms with Gasteiger partial charge in [-0.25, -0.2) is 0 Å². The fourth-order valence-electron chi connectivity index (χ4n) is 4.59. The molecule has 2 rings (SSSR count). The van der Waals surface area contributed by atoms with Crippen molar-refractivity contribution in [2.45, 2.75) is 135 Å². The molecular weight excluding hydrogens is 474 g/mol. The van der Waals surface area contributed by atoms with Gasteiger partial charge in [-0.1, -0.05) is 123 Å². The predicted molar refractivity (Wildman–Crippen MR) is 159 cm³/mol. The minimum atomic E-state index is -2.01. The van der Waals surface area contributed by atoms with E-state index in [4.69, 9.17) is 4.43 Å². The first-order valence-electron chi connectivity index (χ1n) is 14.9. The summed E-state index contributed by atoms with van der Waals surface area (Å²) in [5, 5.41) is 0.0678. The molecule has 208 valence electrons. The first kappa shape index (κ1) is 31.5. The van der Waals surface area contributed by atoms with Gasteiger partial charge in [0.05, 0.1) is 23.8 Å². The normalized spacial score (nSPS) is 15.1. The Hall–Kier alpha value is -1.72.